The highest BCUT2D eigenvalue weighted by Crippen LogP contribution is 2.14. The summed E-state index contributed by atoms with van der Waals surface area (Å²) in [5.41, 5.74) is 1.76. The van der Waals surface area contributed by atoms with E-state index in [4.69, 9.17) is 4.52 Å². The average molecular weight is 493 g/mol. The summed E-state index contributed by atoms with van der Waals surface area (Å²) in [6.07, 6.45) is 1.53. The monoisotopic (exact) mass is 493 g/mol. The van der Waals surface area contributed by atoms with Crippen molar-refractivity contribution in [3.63, 3.8) is 0 Å². The molecule has 0 amide bonds. The molecule has 0 saturated heterocycles. The van der Waals surface area contributed by atoms with Crippen molar-refractivity contribution in [2.75, 3.05) is 28.2 Å². The molecule has 0 fully saturated rings. The minimum atomic E-state index is -3.41. The van der Waals surface area contributed by atoms with Crippen molar-refractivity contribution in [1.29, 1.82) is 0 Å². The van der Waals surface area contributed by atoms with Crippen molar-refractivity contribution in [2.24, 2.45) is 4.99 Å². The molecular formula is C16H24IN5O3S. The lowest BCUT2D eigenvalue weighted by molar-refractivity contribution is 0.391. The molecule has 1 aromatic heterocycles. The van der Waals surface area contributed by atoms with Gasteiger partial charge in [0.05, 0.1) is 11.4 Å². The number of aromatic nitrogens is 1. The van der Waals surface area contributed by atoms with Crippen molar-refractivity contribution in [2.45, 2.75) is 18.0 Å². The minimum absolute atomic E-state index is 0. The van der Waals surface area contributed by atoms with E-state index in [9.17, 15) is 8.42 Å². The first kappa shape index (κ1) is 22.4. The Balaban J connectivity index is 0.00000338. The Morgan fingerprint density at radius 2 is 1.85 bits per heavy atom. The van der Waals surface area contributed by atoms with E-state index < -0.39 is 10.0 Å². The molecule has 2 rings (SSSR count). The summed E-state index contributed by atoms with van der Waals surface area (Å²) in [4.78, 5) is 6.43. The van der Waals surface area contributed by atoms with Crippen LogP contribution in [0.4, 0.5) is 0 Å². The van der Waals surface area contributed by atoms with Gasteiger partial charge in [0.2, 0.25) is 10.0 Å². The summed E-state index contributed by atoms with van der Waals surface area (Å²) in [6, 6.07) is 8.58. The molecule has 10 heteroatoms. The standard InChI is InChI=1S/C16H23N5O3S.HI/c1-17-16(21(4)12-14-9-10-24-19-14)18-11-13-5-7-15(8-6-13)25(22,23)20(2)3;/h5-10H,11-12H2,1-4H3,(H,17,18);1H. The molecule has 0 unspecified atom stereocenters. The van der Waals surface area contributed by atoms with Crippen LogP contribution in [0.15, 0.2) is 51.0 Å². The molecule has 0 saturated carbocycles. The number of halogens is 1. The number of nitrogens with zero attached hydrogens (tertiary/aromatic N) is 4. The quantitative estimate of drug-likeness (QED) is 0.375. The van der Waals surface area contributed by atoms with Crippen molar-refractivity contribution in [3.05, 3.63) is 47.9 Å². The van der Waals surface area contributed by atoms with Gasteiger partial charge in [0, 0.05) is 40.8 Å². The first-order valence-corrected chi connectivity index (χ1v) is 9.11. The van der Waals surface area contributed by atoms with Gasteiger partial charge in [-0.1, -0.05) is 17.3 Å². The minimum Gasteiger partial charge on any atom is -0.364 e. The maximum absolute atomic E-state index is 12.1. The molecule has 0 aliphatic heterocycles. The van der Waals surface area contributed by atoms with Gasteiger partial charge in [-0.2, -0.15) is 0 Å². The maximum Gasteiger partial charge on any atom is 0.242 e. The fourth-order valence-electron chi connectivity index (χ4n) is 2.19. The van der Waals surface area contributed by atoms with Gasteiger partial charge in [-0.05, 0) is 17.7 Å². The van der Waals surface area contributed by atoms with Crippen molar-refractivity contribution >= 4 is 40.0 Å². The molecule has 144 valence electrons. The first-order chi connectivity index (χ1) is 11.8. The zero-order valence-electron chi connectivity index (χ0n) is 15.2. The van der Waals surface area contributed by atoms with E-state index in [1.807, 2.05) is 11.9 Å². The van der Waals surface area contributed by atoms with E-state index in [-0.39, 0.29) is 28.9 Å². The van der Waals surface area contributed by atoms with Crippen molar-refractivity contribution in [1.82, 2.24) is 19.7 Å². The fraction of sp³-hybridized carbons (Fsp3) is 0.375. The summed E-state index contributed by atoms with van der Waals surface area (Å²) in [6.45, 7) is 1.09. The Morgan fingerprint density at radius 1 is 1.19 bits per heavy atom. The topological polar surface area (TPSA) is 91.0 Å². The lowest BCUT2D eigenvalue weighted by Gasteiger charge is -2.21. The summed E-state index contributed by atoms with van der Waals surface area (Å²) >= 11 is 0. The number of nitrogens with one attached hydrogen (secondary N) is 1. The maximum atomic E-state index is 12.1. The number of hydrogen-bond acceptors (Lipinski definition) is 5. The predicted molar refractivity (Wildman–Crippen MR) is 111 cm³/mol. The molecule has 2 aromatic rings. The van der Waals surface area contributed by atoms with Gasteiger partial charge in [-0.3, -0.25) is 4.99 Å². The normalized spacial score (nSPS) is 12.0. The highest BCUT2D eigenvalue weighted by Gasteiger charge is 2.16. The third kappa shape index (κ3) is 5.68. The second-order valence-electron chi connectivity index (χ2n) is 5.68. The first-order valence-electron chi connectivity index (χ1n) is 7.67. The van der Waals surface area contributed by atoms with Gasteiger partial charge in [0.15, 0.2) is 5.96 Å². The van der Waals surface area contributed by atoms with Crippen LogP contribution < -0.4 is 5.32 Å². The number of benzene rings is 1. The van der Waals surface area contributed by atoms with Gasteiger partial charge in [-0.15, -0.1) is 24.0 Å². The predicted octanol–water partition coefficient (Wildman–Crippen LogP) is 1.75. The number of sulfonamides is 1. The van der Waals surface area contributed by atoms with Crippen LogP contribution in [-0.2, 0) is 23.1 Å². The van der Waals surface area contributed by atoms with Gasteiger partial charge >= 0.3 is 0 Å². The van der Waals surface area contributed by atoms with Gasteiger partial charge in [-0.25, -0.2) is 12.7 Å². The summed E-state index contributed by atoms with van der Waals surface area (Å²) in [5, 5.41) is 7.11. The average Bonchev–Trinajstić information content (AvgIpc) is 3.08. The van der Waals surface area contributed by atoms with Crippen LogP contribution in [0.5, 0.6) is 0 Å². The van der Waals surface area contributed by atoms with Crippen LogP contribution in [0, 0.1) is 0 Å². The lowest BCUT2D eigenvalue weighted by atomic mass is 10.2. The molecule has 1 heterocycles. The third-order valence-electron chi connectivity index (χ3n) is 3.62. The molecule has 26 heavy (non-hydrogen) atoms. The fourth-order valence-corrected chi connectivity index (χ4v) is 3.09. The Hall–Kier alpha value is -1.66. The van der Waals surface area contributed by atoms with E-state index in [0.717, 1.165) is 11.3 Å². The zero-order chi connectivity index (χ0) is 18.4. The van der Waals surface area contributed by atoms with Crippen molar-refractivity contribution < 1.29 is 12.9 Å². The van der Waals surface area contributed by atoms with Crippen molar-refractivity contribution in [3.8, 4) is 0 Å². The smallest absolute Gasteiger partial charge is 0.242 e. The molecule has 8 nitrogen and oxygen atoms in total. The van der Waals surface area contributed by atoms with E-state index in [2.05, 4.69) is 15.5 Å². The Bertz CT molecular complexity index is 805. The van der Waals surface area contributed by atoms with Gasteiger partial charge < -0.3 is 14.7 Å². The highest BCUT2D eigenvalue weighted by atomic mass is 127. The molecule has 0 aliphatic rings. The van der Waals surface area contributed by atoms with Crippen LogP contribution in [0.3, 0.4) is 0 Å². The number of rotatable bonds is 6. The Morgan fingerprint density at radius 3 is 2.35 bits per heavy atom. The molecule has 1 N–H and O–H groups in total. The molecule has 0 bridgehead atoms. The summed E-state index contributed by atoms with van der Waals surface area (Å²) in [5.74, 6) is 0.702. The van der Waals surface area contributed by atoms with Gasteiger partial charge in [0.25, 0.3) is 0 Å². The lowest BCUT2D eigenvalue weighted by Crippen LogP contribution is -2.38. The van der Waals surface area contributed by atoms with E-state index in [1.54, 1.807) is 37.4 Å². The third-order valence-corrected chi connectivity index (χ3v) is 5.45. The number of hydrogen-bond donors (Lipinski definition) is 1. The van der Waals surface area contributed by atoms with Crippen LogP contribution in [0.2, 0.25) is 0 Å². The van der Waals surface area contributed by atoms with Crippen LogP contribution in [-0.4, -0.2) is 56.9 Å². The molecule has 0 aliphatic carbocycles. The number of aliphatic imine (C=N–C) groups is 1. The Labute approximate surface area is 171 Å². The molecule has 0 atom stereocenters. The second-order valence-corrected chi connectivity index (χ2v) is 7.83. The van der Waals surface area contributed by atoms with Crippen LogP contribution >= 0.6 is 24.0 Å². The molecule has 1 aromatic carbocycles. The molecular weight excluding hydrogens is 469 g/mol. The van der Waals surface area contributed by atoms with E-state index in [1.165, 1.54) is 24.7 Å². The summed E-state index contributed by atoms with van der Waals surface area (Å²) in [7, 11) is 3.22. The Kier molecular flexibility index (Phi) is 8.50. The molecule has 0 radical (unpaired) electrons. The SMILES string of the molecule is CN=C(NCc1ccc(S(=O)(=O)N(C)C)cc1)N(C)Cc1ccon1.I. The zero-order valence-corrected chi connectivity index (χ0v) is 18.4. The summed E-state index contributed by atoms with van der Waals surface area (Å²) < 4.78 is 30.2. The second kappa shape index (κ2) is 9.88. The van der Waals surface area contributed by atoms with E-state index in [0.29, 0.717) is 19.0 Å². The highest BCUT2D eigenvalue weighted by molar-refractivity contribution is 14.0. The van der Waals surface area contributed by atoms with E-state index >= 15 is 0 Å². The largest absolute Gasteiger partial charge is 0.364 e. The van der Waals surface area contributed by atoms with Crippen LogP contribution in [0.1, 0.15) is 11.3 Å². The molecule has 0 spiro atoms. The van der Waals surface area contributed by atoms with Gasteiger partial charge in [0.1, 0.15) is 12.0 Å². The number of guanidine groups is 1. The van der Waals surface area contributed by atoms with Crippen LogP contribution in [0.25, 0.3) is 0 Å².